The van der Waals surface area contributed by atoms with E-state index in [0.717, 1.165) is 36.8 Å². The highest BCUT2D eigenvalue weighted by atomic mass is 16.6. The van der Waals surface area contributed by atoms with Gasteiger partial charge in [0.25, 0.3) is 0 Å². The van der Waals surface area contributed by atoms with Gasteiger partial charge in [0.1, 0.15) is 0 Å². The summed E-state index contributed by atoms with van der Waals surface area (Å²) < 4.78 is 40.6. The molecule has 0 radical (unpaired) electrons. The van der Waals surface area contributed by atoms with E-state index in [2.05, 4.69) is 57.2 Å². The lowest BCUT2D eigenvalue weighted by molar-refractivity contribution is -0.273. The number of ether oxygens (including phenoxy) is 6. The summed E-state index contributed by atoms with van der Waals surface area (Å²) >= 11 is 0. The molecule has 8 heteroatoms. The van der Waals surface area contributed by atoms with Crippen LogP contribution in [0.15, 0.2) is 72.8 Å². The number of benzene rings is 2. The molecule has 0 bridgehead atoms. The molecule has 4 aliphatic rings. The van der Waals surface area contributed by atoms with E-state index in [1.807, 2.05) is 36.4 Å². The van der Waals surface area contributed by atoms with Gasteiger partial charge in [0, 0.05) is 19.6 Å². The fourth-order valence-electron chi connectivity index (χ4n) is 8.51. The van der Waals surface area contributed by atoms with Crippen LogP contribution in [0.25, 0.3) is 0 Å². The molecule has 4 aliphatic heterocycles. The van der Waals surface area contributed by atoms with E-state index in [1.54, 1.807) is 0 Å². The topological polar surface area (TPSA) is 95.8 Å². The van der Waals surface area contributed by atoms with Crippen LogP contribution in [0.2, 0.25) is 0 Å². The Balaban J connectivity index is 1.19. The van der Waals surface area contributed by atoms with E-state index in [1.165, 1.54) is 0 Å². The van der Waals surface area contributed by atoms with Crippen molar-refractivity contribution in [3.63, 3.8) is 0 Å². The van der Waals surface area contributed by atoms with Crippen LogP contribution in [0.4, 0.5) is 0 Å². The second-order valence-corrected chi connectivity index (χ2v) is 15.2. The molecule has 6 rings (SSSR count). The lowest BCUT2D eigenvalue weighted by atomic mass is 9.77. The number of hydrogen-bond acceptors (Lipinski definition) is 8. The van der Waals surface area contributed by atoms with Gasteiger partial charge >= 0.3 is 0 Å². The Kier molecular flexibility index (Phi) is 13.0. The predicted octanol–water partition coefficient (Wildman–Crippen LogP) is 6.55. The fourth-order valence-corrected chi connectivity index (χ4v) is 8.51. The average molecular weight is 679 g/mol. The standard InChI is InChI=1S/C41H58O8/c1-28-22-32(43)33(18-20-42)47-39-24-37-38(49-41(39,3)25-28)23-29(2)40-36(46-37)17-11-10-16-34(45-27-31-14-8-5-9-15-31)35(48-40)19-21-44-26-30-12-6-4-7-13-30/h4-15,28-29,32-40,42-43H,16-27H2,1-3H3/b11-10-/t28-,29+,32+,33-,34-,35+,36+,37-,38+,39+,40-,41-/m1/s1. The molecule has 0 saturated carbocycles. The number of aliphatic hydroxyl groups is 2. The molecule has 0 aromatic heterocycles. The van der Waals surface area contributed by atoms with Gasteiger partial charge in [0.15, 0.2) is 0 Å². The Morgan fingerprint density at radius 3 is 2.22 bits per heavy atom. The third-order valence-corrected chi connectivity index (χ3v) is 11.0. The first-order valence-corrected chi connectivity index (χ1v) is 18.7. The monoisotopic (exact) mass is 678 g/mol. The fraction of sp³-hybridized carbons (Fsp3) is 0.659. The summed E-state index contributed by atoms with van der Waals surface area (Å²) in [5, 5.41) is 20.7. The lowest BCUT2D eigenvalue weighted by Crippen LogP contribution is -2.59. The van der Waals surface area contributed by atoms with Gasteiger partial charge in [-0.2, -0.15) is 0 Å². The van der Waals surface area contributed by atoms with Gasteiger partial charge in [0.2, 0.25) is 0 Å². The van der Waals surface area contributed by atoms with Crippen LogP contribution in [-0.4, -0.2) is 84.0 Å². The zero-order valence-corrected chi connectivity index (χ0v) is 29.6. The van der Waals surface area contributed by atoms with Gasteiger partial charge < -0.3 is 38.6 Å². The van der Waals surface area contributed by atoms with Crippen molar-refractivity contribution in [2.24, 2.45) is 11.8 Å². The molecular weight excluding hydrogens is 620 g/mol. The second-order valence-electron chi connectivity index (χ2n) is 15.2. The van der Waals surface area contributed by atoms with Gasteiger partial charge in [-0.15, -0.1) is 0 Å². The Labute approximate surface area is 293 Å². The van der Waals surface area contributed by atoms with Crippen LogP contribution >= 0.6 is 0 Å². The summed E-state index contributed by atoms with van der Waals surface area (Å²) in [4.78, 5) is 0. The van der Waals surface area contributed by atoms with Crippen molar-refractivity contribution in [1.82, 2.24) is 0 Å². The van der Waals surface area contributed by atoms with Crippen LogP contribution in [0.5, 0.6) is 0 Å². The maximum Gasteiger partial charge on any atom is 0.0923 e. The van der Waals surface area contributed by atoms with E-state index >= 15 is 0 Å². The summed E-state index contributed by atoms with van der Waals surface area (Å²) in [5.74, 6) is 0.447. The molecule has 8 nitrogen and oxygen atoms in total. The van der Waals surface area contributed by atoms with Crippen LogP contribution in [0, 0.1) is 11.8 Å². The molecule has 3 fully saturated rings. The highest BCUT2D eigenvalue weighted by Crippen LogP contribution is 2.45. The second kappa shape index (κ2) is 17.4. The normalized spacial score (nSPS) is 39.0. The van der Waals surface area contributed by atoms with E-state index in [0.29, 0.717) is 45.5 Å². The first kappa shape index (κ1) is 36.6. The van der Waals surface area contributed by atoms with Crippen LogP contribution in [0.1, 0.15) is 83.3 Å². The molecule has 0 spiro atoms. The Morgan fingerprint density at radius 2 is 1.49 bits per heavy atom. The van der Waals surface area contributed by atoms with E-state index < -0.39 is 17.8 Å². The maximum absolute atomic E-state index is 10.9. The highest BCUT2D eigenvalue weighted by molar-refractivity contribution is 5.14. The molecule has 270 valence electrons. The van der Waals surface area contributed by atoms with Crippen molar-refractivity contribution in [3.05, 3.63) is 83.9 Å². The Hall–Kier alpha value is -2.14. The smallest absolute Gasteiger partial charge is 0.0923 e. The van der Waals surface area contributed by atoms with Crippen LogP contribution in [-0.2, 0) is 41.6 Å². The number of rotatable bonds is 10. The molecule has 0 amide bonds. The Bertz CT molecular complexity index is 1290. The number of hydrogen-bond donors (Lipinski definition) is 2. The minimum absolute atomic E-state index is 0.0254. The molecule has 2 aromatic rings. The summed E-state index contributed by atoms with van der Waals surface area (Å²) in [7, 11) is 0. The predicted molar refractivity (Wildman–Crippen MR) is 188 cm³/mol. The summed E-state index contributed by atoms with van der Waals surface area (Å²) in [6.45, 7) is 8.24. The largest absolute Gasteiger partial charge is 0.396 e. The van der Waals surface area contributed by atoms with Crippen LogP contribution in [0.3, 0.4) is 0 Å². The molecule has 2 N–H and O–H groups in total. The third-order valence-electron chi connectivity index (χ3n) is 11.0. The summed E-state index contributed by atoms with van der Waals surface area (Å²) in [6.07, 6.45) is 7.85. The molecule has 0 unspecified atom stereocenters. The van der Waals surface area contributed by atoms with Crippen molar-refractivity contribution in [1.29, 1.82) is 0 Å². The zero-order valence-electron chi connectivity index (χ0n) is 29.6. The van der Waals surface area contributed by atoms with Gasteiger partial charge in [-0.05, 0) is 74.8 Å². The molecule has 3 saturated heterocycles. The Morgan fingerprint density at radius 1 is 0.776 bits per heavy atom. The van der Waals surface area contributed by atoms with Crippen molar-refractivity contribution >= 4 is 0 Å². The average Bonchev–Trinajstić information content (AvgIpc) is 3.14. The zero-order chi connectivity index (χ0) is 34.2. The molecule has 4 heterocycles. The highest BCUT2D eigenvalue weighted by Gasteiger charge is 2.53. The quantitative estimate of drug-likeness (QED) is 0.216. The van der Waals surface area contributed by atoms with Crippen molar-refractivity contribution in [2.45, 2.75) is 146 Å². The number of fused-ring (bicyclic) bond motifs is 3. The molecule has 12 atom stereocenters. The minimum Gasteiger partial charge on any atom is -0.396 e. The van der Waals surface area contributed by atoms with Gasteiger partial charge in [-0.1, -0.05) is 86.7 Å². The summed E-state index contributed by atoms with van der Waals surface area (Å²) in [5.41, 5.74) is 1.79. The van der Waals surface area contributed by atoms with Crippen molar-refractivity contribution < 1.29 is 38.6 Å². The molecule has 2 aromatic carbocycles. The van der Waals surface area contributed by atoms with Gasteiger partial charge in [-0.3, -0.25) is 0 Å². The molecule has 0 aliphatic carbocycles. The van der Waals surface area contributed by atoms with Gasteiger partial charge in [-0.25, -0.2) is 0 Å². The molecular formula is C41H58O8. The molecule has 49 heavy (non-hydrogen) atoms. The van der Waals surface area contributed by atoms with Crippen molar-refractivity contribution in [2.75, 3.05) is 13.2 Å². The van der Waals surface area contributed by atoms with Gasteiger partial charge in [0.05, 0.1) is 73.8 Å². The third kappa shape index (κ3) is 9.60. The van der Waals surface area contributed by atoms with Crippen LogP contribution < -0.4 is 0 Å². The lowest BCUT2D eigenvalue weighted by Gasteiger charge is -2.51. The minimum atomic E-state index is -0.609. The summed E-state index contributed by atoms with van der Waals surface area (Å²) in [6, 6.07) is 20.6. The van der Waals surface area contributed by atoms with E-state index in [9.17, 15) is 10.2 Å². The first-order chi connectivity index (χ1) is 23.8. The van der Waals surface area contributed by atoms with E-state index in [4.69, 9.17) is 28.4 Å². The van der Waals surface area contributed by atoms with E-state index in [-0.39, 0.29) is 61.2 Å². The maximum atomic E-state index is 10.9. The van der Waals surface area contributed by atoms with Crippen molar-refractivity contribution in [3.8, 4) is 0 Å². The number of aliphatic hydroxyl groups excluding tert-OH is 2. The SMILES string of the molecule is C[C@@H]1C[C@H](O)[C@@H](CCO)O[C@H]2C[C@H]3O[C@H]4C/C=C\C[C@@H](OCc5ccccc5)[C@H](CCOCc5ccccc5)O[C@@H]4[C@@H](C)C[C@@H]3O[C@]2(C)C1. The first-order valence-electron chi connectivity index (χ1n) is 18.7.